The van der Waals surface area contributed by atoms with E-state index in [1.807, 2.05) is 0 Å². The van der Waals surface area contributed by atoms with Gasteiger partial charge in [0.2, 0.25) is 0 Å². The van der Waals surface area contributed by atoms with Crippen LogP contribution in [-0.2, 0) is 6.61 Å². The summed E-state index contributed by atoms with van der Waals surface area (Å²) >= 11 is 1.51. The van der Waals surface area contributed by atoms with Crippen molar-refractivity contribution in [2.24, 2.45) is 17.8 Å². The fourth-order valence-corrected chi connectivity index (χ4v) is 5.61. The lowest BCUT2D eigenvalue weighted by molar-refractivity contribution is 0.215. The monoisotopic (exact) mass is 391 g/mol. The highest BCUT2D eigenvalue weighted by Gasteiger charge is 2.43. The average molecular weight is 392 g/mol. The molecule has 0 saturated heterocycles. The minimum atomic E-state index is -0.375. The van der Waals surface area contributed by atoms with E-state index in [1.54, 1.807) is 18.2 Å². The predicted molar refractivity (Wildman–Crippen MR) is 102 cm³/mol. The van der Waals surface area contributed by atoms with Crippen LogP contribution in [0.5, 0.6) is 5.75 Å². The largest absolute Gasteiger partial charge is 0.483 e. The van der Waals surface area contributed by atoms with Gasteiger partial charge in [-0.2, -0.15) is 0 Å². The summed E-state index contributed by atoms with van der Waals surface area (Å²) in [5.74, 6) is 3.42. The Kier molecular flexibility index (Phi) is 5.68. The SMILES string of the molecule is C[C@H]([C@@H]1C[C@H]2CC[C@H]1C2)n1c(COc2ccccc2F)nnc1SCCO. The third-order valence-electron chi connectivity index (χ3n) is 6.07. The van der Waals surface area contributed by atoms with E-state index in [2.05, 4.69) is 21.7 Å². The molecule has 4 atom stereocenters. The second kappa shape index (κ2) is 8.19. The summed E-state index contributed by atoms with van der Waals surface area (Å²) in [6.45, 7) is 2.52. The lowest BCUT2D eigenvalue weighted by Gasteiger charge is -2.30. The fourth-order valence-electron chi connectivity index (χ4n) is 4.83. The van der Waals surface area contributed by atoms with Crippen LogP contribution in [0, 0.1) is 23.6 Å². The molecule has 146 valence electrons. The molecule has 1 aromatic carbocycles. The second-order valence-corrected chi connectivity index (χ2v) is 8.70. The van der Waals surface area contributed by atoms with Gasteiger partial charge in [0.15, 0.2) is 22.5 Å². The zero-order valence-electron chi connectivity index (χ0n) is 15.6. The highest BCUT2D eigenvalue weighted by Crippen LogP contribution is 2.52. The number of halogens is 1. The van der Waals surface area contributed by atoms with E-state index in [-0.39, 0.29) is 30.8 Å². The molecule has 2 aliphatic rings. The molecule has 2 fully saturated rings. The molecule has 1 heterocycles. The van der Waals surface area contributed by atoms with Crippen LogP contribution in [0.15, 0.2) is 29.4 Å². The Labute approximate surface area is 163 Å². The van der Waals surface area contributed by atoms with Crippen LogP contribution in [0.3, 0.4) is 0 Å². The normalized spacial score (nSPS) is 25.1. The molecule has 2 aliphatic carbocycles. The van der Waals surface area contributed by atoms with Crippen molar-refractivity contribution in [3.05, 3.63) is 35.9 Å². The molecule has 27 heavy (non-hydrogen) atoms. The average Bonchev–Trinajstić information content (AvgIpc) is 3.40. The van der Waals surface area contributed by atoms with Gasteiger partial charge in [-0.3, -0.25) is 4.57 Å². The van der Waals surface area contributed by atoms with E-state index in [0.29, 0.717) is 17.5 Å². The van der Waals surface area contributed by atoms with Gasteiger partial charge in [-0.1, -0.05) is 30.3 Å². The number of para-hydroxylation sites is 1. The first-order valence-corrected chi connectivity index (χ1v) is 10.7. The van der Waals surface area contributed by atoms with Crippen LogP contribution in [-0.4, -0.2) is 32.2 Å². The van der Waals surface area contributed by atoms with Crippen LogP contribution in [0.1, 0.15) is 44.5 Å². The van der Waals surface area contributed by atoms with E-state index in [4.69, 9.17) is 4.74 Å². The molecule has 5 nitrogen and oxygen atoms in total. The number of aromatic nitrogens is 3. The van der Waals surface area contributed by atoms with Crippen molar-refractivity contribution in [3.63, 3.8) is 0 Å². The van der Waals surface area contributed by atoms with Gasteiger partial charge in [0, 0.05) is 11.8 Å². The van der Waals surface area contributed by atoms with Gasteiger partial charge in [-0.25, -0.2) is 4.39 Å². The van der Waals surface area contributed by atoms with Crippen molar-refractivity contribution in [1.82, 2.24) is 14.8 Å². The van der Waals surface area contributed by atoms with Crippen LogP contribution < -0.4 is 4.74 Å². The molecule has 2 bridgehead atoms. The number of rotatable bonds is 8. The molecule has 1 N–H and O–H groups in total. The molecule has 0 spiro atoms. The molecular formula is C20H26FN3O2S. The summed E-state index contributed by atoms with van der Waals surface area (Å²) in [6.07, 6.45) is 5.30. The minimum Gasteiger partial charge on any atom is -0.483 e. The smallest absolute Gasteiger partial charge is 0.191 e. The quantitative estimate of drug-likeness (QED) is 0.687. The standard InChI is InChI=1S/C20H26FN3O2S/c1-13(16-11-14-6-7-15(16)10-14)24-19(22-23-20(24)27-9-8-25)12-26-18-5-3-2-4-17(18)21/h2-5,13-16,25H,6-12H2,1H3/t13-,14+,15+,16+/m1/s1. The van der Waals surface area contributed by atoms with Gasteiger partial charge < -0.3 is 9.84 Å². The first-order chi connectivity index (χ1) is 13.2. The van der Waals surface area contributed by atoms with Crippen molar-refractivity contribution in [2.45, 2.75) is 50.4 Å². The first-order valence-electron chi connectivity index (χ1n) is 9.72. The molecule has 0 radical (unpaired) electrons. The van der Waals surface area contributed by atoms with Crippen molar-refractivity contribution in [3.8, 4) is 5.75 Å². The maximum Gasteiger partial charge on any atom is 0.191 e. The first kappa shape index (κ1) is 18.7. The molecule has 0 amide bonds. The number of thioether (sulfide) groups is 1. The number of ether oxygens (including phenoxy) is 1. The third kappa shape index (κ3) is 3.85. The van der Waals surface area contributed by atoms with Crippen LogP contribution in [0.2, 0.25) is 0 Å². The Hall–Kier alpha value is -1.60. The van der Waals surface area contributed by atoms with Gasteiger partial charge in [0.25, 0.3) is 0 Å². The van der Waals surface area contributed by atoms with Crippen LogP contribution >= 0.6 is 11.8 Å². The summed E-state index contributed by atoms with van der Waals surface area (Å²) < 4.78 is 21.7. The minimum absolute atomic E-state index is 0.0983. The Morgan fingerprint density at radius 2 is 2.15 bits per heavy atom. The van der Waals surface area contributed by atoms with Crippen LogP contribution in [0.4, 0.5) is 4.39 Å². The molecule has 7 heteroatoms. The predicted octanol–water partition coefficient (Wildman–Crippen LogP) is 4.08. The molecule has 0 aliphatic heterocycles. The number of fused-ring (bicyclic) bond motifs is 2. The summed E-state index contributed by atoms with van der Waals surface area (Å²) in [4.78, 5) is 0. The number of hydrogen-bond donors (Lipinski definition) is 1. The van der Waals surface area contributed by atoms with Gasteiger partial charge in [-0.15, -0.1) is 10.2 Å². The molecular weight excluding hydrogens is 365 g/mol. The van der Waals surface area contributed by atoms with E-state index in [0.717, 1.165) is 17.0 Å². The summed E-state index contributed by atoms with van der Waals surface area (Å²) in [7, 11) is 0. The van der Waals surface area contributed by atoms with Crippen LogP contribution in [0.25, 0.3) is 0 Å². The summed E-state index contributed by atoms with van der Waals surface area (Å²) in [5, 5.41) is 18.7. The Morgan fingerprint density at radius 3 is 2.85 bits per heavy atom. The topological polar surface area (TPSA) is 60.2 Å². The lowest BCUT2D eigenvalue weighted by atomic mass is 9.84. The van der Waals surface area contributed by atoms with E-state index in [9.17, 15) is 9.50 Å². The second-order valence-electron chi connectivity index (χ2n) is 7.64. The lowest BCUT2D eigenvalue weighted by Crippen LogP contribution is -2.24. The molecule has 0 unspecified atom stereocenters. The number of hydrogen-bond acceptors (Lipinski definition) is 5. The molecule has 2 saturated carbocycles. The summed E-state index contributed by atoms with van der Waals surface area (Å²) in [5.41, 5.74) is 0. The Balaban J connectivity index is 1.55. The van der Waals surface area contributed by atoms with E-state index < -0.39 is 0 Å². The van der Waals surface area contributed by atoms with Gasteiger partial charge in [0.1, 0.15) is 6.61 Å². The maximum absolute atomic E-state index is 13.9. The number of aliphatic hydroxyl groups is 1. The van der Waals surface area contributed by atoms with Gasteiger partial charge in [0.05, 0.1) is 6.61 Å². The molecule has 4 rings (SSSR count). The van der Waals surface area contributed by atoms with Gasteiger partial charge >= 0.3 is 0 Å². The third-order valence-corrected chi connectivity index (χ3v) is 6.99. The molecule has 1 aromatic heterocycles. The Bertz CT molecular complexity index is 784. The fraction of sp³-hybridized carbons (Fsp3) is 0.600. The number of nitrogens with zero attached hydrogens (tertiary/aromatic N) is 3. The molecule has 2 aromatic rings. The van der Waals surface area contributed by atoms with E-state index >= 15 is 0 Å². The summed E-state index contributed by atoms with van der Waals surface area (Å²) in [6, 6.07) is 6.68. The van der Waals surface area contributed by atoms with Crippen molar-refractivity contribution >= 4 is 11.8 Å². The van der Waals surface area contributed by atoms with Crippen molar-refractivity contribution in [1.29, 1.82) is 0 Å². The Morgan fingerprint density at radius 1 is 1.30 bits per heavy atom. The highest BCUT2D eigenvalue weighted by atomic mass is 32.2. The number of benzene rings is 1. The highest BCUT2D eigenvalue weighted by molar-refractivity contribution is 7.99. The number of aliphatic hydroxyl groups excluding tert-OH is 1. The zero-order valence-corrected chi connectivity index (χ0v) is 16.4. The van der Waals surface area contributed by atoms with E-state index in [1.165, 1.54) is 43.5 Å². The van der Waals surface area contributed by atoms with Crippen molar-refractivity contribution < 1.29 is 14.2 Å². The van der Waals surface area contributed by atoms with Crippen molar-refractivity contribution in [2.75, 3.05) is 12.4 Å². The maximum atomic E-state index is 13.9. The van der Waals surface area contributed by atoms with Gasteiger partial charge in [-0.05, 0) is 56.1 Å². The zero-order chi connectivity index (χ0) is 18.8.